The lowest BCUT2D eigenvalue weighted by Gasteiger charge is -2.14. The molecule has 0 aromatic heterocycles. The monoisotopic (exact) mass is 140 g/mol. The lowest BCUT2D eigenvalue weighted by Crippen LogP contribution is -2.16. The maximum atomic E-state index is 9.31. The number of hydrogen-bond donors (Lipinski definition) is 1. The molecule has 0 radical (unpaired) electrons. The van der Waals surface area contributed by atoms with Gasteiger partial charge >= 0.3 is 0 Å². The van der Waals surface area contributed by atoms with E-state index in [0.717, 1.165) is 12.8 Å². The van der Waals surface area contributed by atoms with E-state index >= 15 is 0 Å². The first kappa shape index (κ1) is 9.52. The maximum absolute atomic E-state index is 9.31. The van der Waals surface area contributed by atoms with Gasteiger partial charge in [-0.15, -0.1) is 12.3 Å². The molecule has 0 amide bonds. The highest BCUT2D eigenvalue weighted by Crippen LogP contribution is 2.12. The molecule has 1 N–H and O–H groups in total. The van der Waals surface area contributed by atoms with E-state index in [-0.39, 0.29) is 6.10 Å². The van der Waals surface area contributed by atoms with Crippen LogP contribution in [0.4, 0.5) is 0 Å². The summed E-state index contributed by atoms with van der Waals surface area (Å²) in [5, 5.41) is 9.31. The Morgan fingerprint density at radius 1 is 1.60 bits per heavy atom. The Labute approximate surface area is 63.5 Å². The van der Waals surface area contributed by atoms with Crippen molar-refractivity contribution in [1.82, 2.24) is 0 Å². The molecule has 0 heterocycles. The zero-order chi connectivity index (χ0) is 7.98. The zero-order valence-corrected chi connectivity index (χ0v) is 6.80. The Morgan fingerprint density at radius 2 is 2.20 bits per heavy atom. The number of rotatable bonds is 4. The highest BCUT2D eigenvalue weighted by Gasteiger charge is 2.10. The summed E-state index contributed by atoms with van der Waals surface area (Å²) in [7, 11) is 0. The van der Waals surface area contributed by atoms with Crippen molar-refractivity contribution in [2.75, 3.05) is 0 Å². The third-order valence-corrected chi connectivity index (χ3v) is 1.73. The van der Waals surface area contributed by atoms with Crippen LogP contribution in [0.3, 0.4) is 0 Å². The van der Waals surface area contributed by atoms with E-state index in [1.54, 1.807) is 0 Å². The second-order valence-corrected chi connectivity index (χ2v) is 2.74. The summed E-state index contributed by atoms with van der Waals surface area (Å²) < 4.78 is 0. The topological polar surface area (TPSA) is 20.2 Å². The number of aliphatic hydroxyl groups excluding tert-OH is 1. The van der Waals surface area contributed by atoms with E-state index < -0.39 is 0 Å². The number of aliphatic hydroxyl groups is 1. The first-order valence-corrected chi connectivity index (χ1v) is 3.83. The van der Waals surface area contributed by atoms with Gasteiger partial charge in [0.15, 0.2) is 0 Å². The molecule has 0 spiro atoms. The van der Waals surface area contributed by atoms with Crippen molar-refractivity contribution in [2.45, 2.75) is 39.2 Å². The first-order valence-electron chi connectivity index (χ1n) is 3.83. The van der Waals surface area contributed by atoms with Crippen LogP contribution >= 0.6 is 0 Å². The van der Waals surface area contributed by atoms with E-state index in [9.17, 15) is 5.11 Å². The van der Waals surface area contributed by atoms with Gasteiger partial charge in [0.05, 0.1) is 6.10 Å². The Bertz CT molecular complexity index is 112. The van der Waals surface area contributed by atoms with Gasteiger partial charge in [0.1, 0.15) is 0 Å². The summed E-state index contributed by atoms with van der Waals surface area (Å²) in [6, 6.07) is 0. The summed E-state index contributed by atoms with van der Waals surface area (Å²) in [5.74, 6) is 2.80. The normalized spacial score (nSPS) is 15.8. The third kappa shape index (κ3) is 3.53. The van der Waals surface area contributed by atoms with E-state index in [1.165, 1.54) is 0 Å². The van der Waals surface area contributed by atoms with Crippen LogP contribution in [0, 0.1) is 18.3 Å². The molecule has 0 aliphatic carbocycles. The van der Waals surface area contributed by atoms with Gasteiger partial charge in [-0.2, -0.15) is 0 Å². The molecule has 0 aliphatic rings. The Balaban J connectivity index is 3.50. The molecule has 0 fully saturated rings. The second-order valence-electron chi connectivity index (χ2n) is 2.74. The smallest absolute Gasteiger partial charge is 0.0674 e. The van der Waals surface area contributed by atoms with Crippen LogP contribution in [-0.2, 0) is 0 Å². The van der Waals surface area contributed by atoms with Crippen LogP contribution in [0.1, 0.15) is 33.1 Å². The summed E-state index contributed by atoms with van der Waals surface area (Å²) in [5.41, 5.74) is 0. The average Bonchev–Trinajstić information content (AvgIpc) is 1.89. The summed E-state index contributed by atoms with van der Waals surface area (Å²) in [4.78, 5) is 0. The lowest BCUT2D eigenvalue weighted by atomic mass is 9.97. The third-order valence-electron chi connectivity index (χ3n) is 1.73. The summed E-state index contributed by atoms with van der Waals surface area (Å²) >= 11 is 0. The van der Waals surface area contributed by atoms with Crippen molar-refractivity contribution in [1.29, 1.82) is 0 Å². The maximum Gasteiger partial charge on any atom is 0.0674 e. The highest BCUT2D eigenvalue weighted by atomic mass is 16.3. The van der Waals surface area contributed by atoms with E-state index in [4.69, 9.17) is 6.42 Å². The van der Waals surface area contributed by atoms with Crippen LogP contribution in [0.5, 0.6) is 0 Å². The predicted octanol–water partition coefficient (Wildman–Crippen LogP) is 1.81. The fourth-order valence-corrected chi connectivity index (χ4v) is 0.970. The van der Waals surface area contributed by atoms with E-state index in [1.807, 2.05) is 6.92 Å². The minimum absolute atomic E-state index is 0.301. The van der Waals surface area contributed by atoms with Crippen LogP contribution in [0.25, 0.3) is 0 Å². The van der Waals surface area contributed by atoms with Gasteiger partial charge in [-0.1, -0.05) is 20.3 Å². The van der Waals surface area contributed by atoms with Crippen molar-refractivity contribution < 1.29 is 5.11 Å². The molecule has 1 heteroatoms. The molecule has 0 bridgehead atoms. The average molecular weight is 140 g/mol. The van der Waals surface area contributed by atoms with Crippen LogP contribution < -0.4 is 0 Å². The number of terminal acetylenes is 1. The summed E-state index contributed by atoms with van der Waals surface area (Å²) in [6.45, 7) is 4.14. The molecule has 2 atom stereocenters. The Morgan fingerprint density at radius 3 is 2.60 bits per heavy atom. The molecule has 2 unspecified atom stereocenters. The first-order chi connectivity index (χ1) is 4.72. The minimum Gasteiger partial charge on any atom is -0.392 e. The van der Waals surface area contributed by atoms with E-state index in [0.29, 0.717) is 12.3 Å². The van der Waals surface area contributed by atoms with Crippen LogP contribution in [-0.4, -0.2) is 11.2 Å². The molecular formula is C9H16O. The van der Waals surface area contributed by atoms with Gasteiger partial charge < -0.3 is 5.11 Å². The fourth-order valence-electron chi connectivity index (χ4n) is 0.970. The van der Waals surface area contributed by atoms with Gasteiger partial charge in [-0.3, -0.25) is 0 Å². The largest absolute Gasteiger partial charge is 0.392 e. The Kier molecular flexibility index (Phi) is 5.06. The second kappa shape index (κ2) is 5.32. The molecule has 0 saturated carbocycles. The van der Waals surface area contributed by atoms with Gasteiger partial charge in [-0.25, -0.2) is 0 Å². The van der Waals surface area contributed by atoms with Crippen molar-refractivity contribution in [3.63, 3.8) is 0 Å². The molecule has 0 rings (SSSR count). The van der Waals surface area contributed by atoms with Crippen molar-refractivity contribution >= 4 is 0 Å². The molecule has 10 heavy (non-hydrogen) atoms. The van der Waals surface area contributed by atoms with Crippen LogP contribution in [0.15, 0.2) is 0 Å². The van der Waals surface area contributed by atoms with Gasteiger partial charge in [0, 0.05) is 6.42 Å². The molecule has 1 nitrogen and oxygen atoms in total. The molecule has 0 saturated heterocycles. The number of hydrogen-bond acceptors (Lipinski definition) is 1. The molecule has 0 aromatic rings. The molecule has 0 aromatic carbocycles. The summed E-state index contributed by atoms with van der Waals surface area (Å²) in [6.07, 6.45) is 7.41. The zero-order valence-electron chi connectivity index (χ0n) is 6.80. The van der Waals surface area contributed by atoms with Crippen molar-refractivity contribution in [3.8, 4) is 12.3 Å². The minimum atomic E-state index is -0.301. The quantitative estimate of drug-likeness (QED) is 0.590. The van der Waals surface area contributed by atoms with Gasteiger partial charge in [0.25, 0.3) is 0 Å². The lowest BCUT2D eigenvalue weighted by molar-refractivity contribution is 0.116. The van der Waals surface area contributed by atoms with Gasteiger partial charge in [-0.05, 0) is 12.3 Å². The van der Waals surface area contributed by atoms with Crippen molar-refractivity contribution in [2.24, 2.45) is 5.92 Å². The predicted molar refractivity (Wildman–Crippen MR) is 43.5 cm³/mol. The molecular weight excluding hydrogens is 124 g/mol. The molecule has 58 valence electrons. The molecule has 0 aliphatic heterocycles. The van der Waals surface area contributed by atoms with Gasteiger partial charge in [0.2, 0.25) is 0 Å². The fraction of sp³-hybridized carbons (Fsp3) is 0.778. The van der Waals surface area contributed by atoms with Crippen LogP contribution in [0.2, 0.25) is 0 Å². The Hall–Kier alpha value is -0.480. The highest BCUT2D eigenvalue weighted by molar-refractivity contribution is 4.88. The SMILES string of the molecule is C#CCC(O)C(C)CCC. The van der Waals surface area contributed by atoms with E-state index in [2.05, 4.69) is 12.8 Å². The van der Waals surface area contributed by atoms with Crippen molar-refractivity contribution in [3.05, 3.63) is 0 Å². The standard InChI is InChI=1S/C9H16O/c1-4-6-8(3)9(10)7-5-2/h2,8-10H,4,6-7H2,1,3H3.